The standard InChI is InChI=1S/C18H8FN3OS/c19-9-5-6-10-14(7-9)24-17-15(10)22-13-4-2-1-3-12(13)21-18(22)11(8-20)16(17)23/h1-7,21H. The number of aromatic nitrogens is 2. The Labute approximate surface area is 138 Å². The second-order valence-corrected chi connectivity index (χ2v) is 6.61. The van der Waals surface area contributed by atoms with E-state index in [4.69, 9.17) is 0 Å². The zero-order valence-electron chi connectivity index (χ0n) is 12.1. The Kier molecular flexibility index (Phi) is 2.45. The third kappa shape index (κ3) is 1.52. The van der Waals surface area contributed by atoms with Gasteiger partial charge < -0.3 is 4.98 Å². The van der Waals surface area contributed by atoms with E-state index in [0.717, 1.165) is 16.4 Å². The molecule has 114 valence electrons. The number of H-pyrrole nitrogens is 1. The first-order valence-corrected chi connectivity index (χ1v) is 8.08. The van der Waals surface area contributed by atoms with Gasteiger partial charge in [0.05, 0.1) is 16.6 Å². The average molecular weight is 333 g/mol. The maximum absolute atomic E-state index is 13.6. The van der Waals surface area contributed by atoms with Gasteiger partial charge in [0.2, 0.25) is 5.43 Å². The SMILES string of the molecule is N#Cc1c(=O)c2sc3cc(F)ccc3c2n2c1[nH]c1ccccc12. The van der Waals surface area contributed by atoms with Crippen molar-refractivity contribution in [1.29, 1.82) is 5.26 Å². The molecule has 2 aromatic carbocycles. The van der Waals surface area contributed by atoms with Gasteiger partial charge in [-0.05, 0) is 30.3 Å². The maximum Gasteiger partial charge on any atom is 0.219 e. The van der Waals surface area contributed by atoms with Crippen LogP contribution in [0.5, 0.6) is 0 Å². The molecule has 0 aliphatic rings. The summed E-state index contributed by atoms with van der Waals surface area (Å²) in [6.07, 6.45) is 0. The van der Waals surface area contributed by atoms with Crippen LogP contribution in [0.1, 0.15) is 5.56 Å². The van der Waals surface area contributed by atoms with Gasteiger partial charge in [0.15, 0.2) is 0 Å². The molecule has 0 radical (unpaired) electrons. The third-order valence-corrected chi connectivity index (χ3v) is 5.39. The normalized spacial score (nSPS) is 11.7. The molecule has 3 heterocycles. The molecule has 5 rings (SSSR count). The topological polar surface area (TPSA) is 61.1 Å². The van der Waals surface area contributed by atoms with Crippen molar-refractivity contribution >= 4 is 48.3 Å². The number of benzene rings is 2. The number of pyridine rings is 1. The van der Waals surface area contributed by atoms with E-state index in [2.05, 4.69) is 4.98 Å². The minimum Gasteiger partial charge on any atom is -0.338 e. The fraction of sp³-hybridized carbons (Fsp3) is 0. The van der Waals surface area contributed by atoms with Crippen LogP contribution < -0.4 is 5.43 Å². The van der Waals surface area contributed by atoms with Crippen LogP contribution in [0.15, 0.2) is 47.3 Å². The number of nitrogens with one attached hydrogen (secondary N) is 1. The van der Waals surface area contributed by atoms with E-state index in [1.54, 1.807) is 6.07 Å². The summed E-state index contributed by atoms with van der Waals surface area (Å²) in [6, 6.07) is 14.1. The van der Waals surface area contributed by atoms with Gasteiger partial charge in [0, 0.05) is 10.1 Å². The first-order chi connectivity index (χ1) is 11.7. The Morgan fingerprint density at radius 2 is 2.04 bits per heavy atom. The molecular weight excluding hydrogens is 325 g/mol. The van der Waals surface area contributed by atoms with Gasteiger partial charge in [0.25, 0.3) is 0 Å². The number of rotatable bonds is 0. The van der Waals surface area contributed by atoms with Gasteiger partial charge in [-0.25, -0.2) is 4.39 Å². The van der Waals surface area contributed by atoms with E-state index in [9.17, 15) is 14.4 Å². The number of halogens is 1. The smallest absolute Gasteiger partial charge is 0.219 e. The first-order valence-electron chi connectivity index (χ1n) is 7.26. The minimum absolute atomic E-state index is 0.0747. The monoisotopic (exact) mass is 333 g/mol. The van der Waals surface area contributed by atoms with Gasteiger partial charge in [0.1, 0.15) is 27.8 Å². The molecule has 5 aromatic rings. The van der Waals surface area contributed by atoms with E-state index in [0.29, 0.717) is 20.6 Å². The molecule has 24 heavy (non-hydrogen) atoms. The molecule has 0 unspecified atom stereocenters. The highest BCUT2D eigenvalue weighted by Crippen LogP contribution is 2.35. The molecule has 0 atom stereocenters. The van der Waals surface area contributed by atoms with Crippen molar-refractivity contribution in [3.63, 3.8) is 0 Å². The van der Waals surface area contributed by atoms with Crippen molar-refractivity contribution in [1.82, 2.24) is 9.38 Å². The van der Waals surface area contributed by atoms with Crippen molar-refractivity contribution in [2.75, 3.05) is 0 Å². The number of thiophene rings is 1. The Morgan fingerprint density at radius 3 is 2.88 bits per heavy atom. The van der Waals surface area contributed by atoms with Crippen LogP contribution in [0, 0.1) is 17.1 Å². The molecule has 0 spiro atoms. The molecule has 0 saturated heterocycles. The van der Waals surface area contributed by atoms with E-state index < -0.39 is 0 Å². The zero-order valence-corrected chi connectivity index (χ0v) is 12.9. The molecule has 3 aromatic heterocycles. The number of hydrogen-bond acceptors (Lipinski definition) is 3. The van der Waals surface area contributed by atoms with Gasteiger partial charge in [-0.1, -0.05) is 12.1 Å². The highest BCUT2D eigenvalue weighted by atomic mass is 32.1. The Hall–Kier alpha value is -3.17. The van der Waals surface area contributed by atoms with Gasteiger partial charge in [-0.15, -0.1) is 11.3 Å². The Balaban J connectivity index is 2.23. The first kappa shape index (κ1) is 13.3. The lowest BCUT2D eigenvalue weighted by Gasteiger charge is -2.01. The average Bonchev–Trinajstić information content (AvgIpc) is 3.13. The number of imidazole rings is 1. The van der Waals surface area contributed by atoms with Crippen molar-refractivity contribution in [2.45, 2.75) is 0 Å². The summed E-state index contributed by atoms with van der Waals surface area (Å²) in [6.45, 7) is 0. The van der Waals surface area contributed by atoms with Crippen LogP contribution in [0.25, 0.3) is 37.0 Å². The van der Waals surface area contributed by atoms with Crippen LogP contribution in [-0.2, 0) is 0 Å². The molecule has 0 amide bonds. The Morgan fingerprint density at radius 1 is 1.21 bits per heavy atom. The summed E-state index contributed by atoms with van der Waals surface area (Å²) in [5.41, 5.74) is 2.65. The van der Waals surface area contributed by atoms with Gasteiger partial charge >= 0.3 is 0 Å². The number of aromatic amines is 1. The largest absolute Gasteiger partial charge is 0.338 e. The number of nitriles is 1. The summed E-state index contributed by atoms with van der Waals surface area (Å²) in [5, 5.41) is 10.3. The van der Waals surface area contributed by atoms with Crippen LogP contribution in [0.3, 0.4) is 0 Å². The molecular formula is C18H8FN3OS. The number of fused-ring (bicyclic) bond motifs is 7. The summed E-state index contributed by atoms with van der Waals surface area (Å²) < 4.78 is 16.6. The molecule has 6 heteroatoms. The minimum atomic E-state index is -0.345. The van der Waals surface area contributed by atoms with Crippen molar-refractivity contribution < 1.29 is 4.39 Å². The molecule has 0 saturated carbocycles. The number of para-hydroxylation sites is 2. The van der Waals surface area contributed by atoms with E-state index >= 15 is 0 Å². The number of hydrogen-bond donors (Lipinski definition) is 1. The highest BCUT2D eigenvalue weighted by Gasteiger charge is 2.20. The lowest BCUT2D eigenvalue weighted by Crippen LogP contribution is -2.08. The fourth-order valence-electron chi connectivity index (χ4n) is 3.24. The summed E-state index contributed by atoms with van der Waals surface area (Å²) in [4.78, 5) is 15.9. The van der Waals surface area contributed by atoms with Crippen molar-refractivity contribution in [3.8, 4) is 6.07 Å². The highest BCUT2D eigenvalue weighted by molar-refractivity contribution is 7.25. The van der Waals surface area contributed by atoms with Crippen LogP contribution in [0.4, 0.5) is 4.39 Å². The van der Waals surface area contributed by atoms with Crippen molar-refractivity contribution in [2.24, 2.45) is 0 Å². The van der Waals surface area contributed by atoms with Crippen LogP contribution in [-0.4, -0.2) is 9.38 Å². The van der Waals surface area contributed by atoms with Crippen LogP contribution >= 0.6 is 11.3 Å². The number of nitrogens with zero attached hydrogens (tertiary/aromatic N) is 2. The predicted octanol–water partition coefficient (Wildman–Crippen LogP) is 4.16. The van der Waals surface area contributed by atoms with Gasteiger partial charge in [-0.2, -0.15) is 5.26 Å². The predicted molar refractivity (Wildman–Crippen MR) is 93.1 cm³/mol. The molecule has 0 fully saturated rings. The van der Waals surface area contributed by atoms with E-state index in [1.165, 1.54) is 23.5 Å². The molecule has 1 N–H and O–H groups in total. The van der Waals surface area contributed by atoms with Crippen molar-refractivity contribution in [3.05, 3.63) is 64.1 Å². The zero-order chi connectivity index (χ0) is 16.4. The Bertz CT molecular complexity index is 1400. The second kappa shape index (κ2) is 4.43. The lowest BCUT2D eigenvalue weighted by molar-refractivity contribution is 0.630. The van der Waals surface area contributed by atoms with Gasteiger partial charge in [-0.3, -0.25) is 9.20 Å². The third-order valence-electron chi connectivity index (χ3n) is 4.25. The van der Waals surface area contributed by atoms with E-state index in [1.807, 2.05) is 34.7 Å². The fourth-order valence-corrected chi connectivity index (χ4v) is 4.40. The summed E-state index contributed by atoms with van der Waals surface area (Å²) in [7, 11) is 0. The summed E-state index contributed by atoms with van der Waals surface area (Å²) in [5.74, 6) is -0.345. The van der Waals surface area contributed by atoms with E-state index in [-0.39, 0.29) is 16.8 Å². The second-order valence-electron chi connectivity index (χ2n) is 5.56. The maximum atomic E-state index is 13.6. The lowest BCUT2D eigenvalue weighted by atomic mass is 10.2. The molecule has 0 aliphatic carbocycles. The molecule has 0 aliphatic heterocycles. The molecule has 0 bridgehead atoms. The summed E-state index contributed by atoms with van der Waals surface area (Å²) >= 11 is 1.22. The quantitative estimate of drug-likeness (QED) is 0.462. The molecule has 4 nitrogen and oxygen atoms in total. The van der Waals surface area contributed by atoms with Crippen LogP contribution in [0.2, 0.25) is 0 Å².